The monoisotopic (exact) mass is 202 g/mol. The number of carbonyl (C=O) groups is 1. The summed E-state index contributed by atoms with van der Waals surface area (Å²) in [4.78, 5) is 11.2. The highest BCUT2D eigenvalue weighted by Crippen LogP contribution is 2.33. The largest absolute Gasteiger partial charge is 0.469 e. The minimum absolute atomic E-state index is 0.155. The first kappa shape index (κ1) is 9.97. The van der Waals surface area contributed by atoms with Gasteiger partial charge in [-0.1, -0.05) is 29.8 Å². The van der Waals surface area contributed by atoms with Gasteiger partial charge in [0.2, 0.25) is 0 Å². The van der Waals surface area contributed by atoms with Crippen molar-refractivity contribution < 1.29 is 9.53 Å². The second kappa shape index (κ2) is 3.89. The molecule has 0 fully saturated rings. The third kappa shape index (κ3) is 1.80. The van der Waals surface area contributed by atoms with Crippen LogP contribution in [0.2, 0.25) is 0 Å². The second-order valence-corrected chi connectivity index (χ2v) is 3.82. The van der Waals surface area contributed by atoms with Crippen molar-refractivity contribution in [3.05, 3.63) is 41.0 Å². The topological polar surface area (TPSA) is 26.3 Å². The summed E-state index contributed by atoms with van der Waals surface area (Å²) >= 11 is 0. The fraction of sp³-hybridized carbons (Fsp3) is 0.308. The van der Waals surface area contributed by atoms with E-state index in [0.29, 0.717) is 6.42 Å². The second-order valence-electron chi connectivity index (χ2n) is 3.82. The van der Waals surface area contributed by atoms with Crippen LogP contribution in [0.5, 0.6) is 0 Å². The molecular weight excluding hydrogens is 188 g/mol. The summed E-state index contributed by atoms with van der Waals surface area (Å²) in [5.41, 5.74) is 5.00. The number of carbonyl (C=O) groups excluding carboxylic acids is 1. The normalized spacial score (nSPS) is 14.0. The smallest absolute Gasteiger partial charge is 0.309 e. The van der Waals surface area contributed by atoms with Crippen molar-refractivity contribution >= 4 is 11.5 Å². The predicted octanol–water partition coefficient (Wildman–Crippen LogP) is 2.58. The number of hydrogen-bond donors (Lipinski definition) is 0. The Morgan fingerprint density at radius 3 is 2.80 bits per heavy atom. The quantitative estimate of drug-likeness (QED) is 0.689. The predicted molar refractivity (Wildman–Crippen MR) is 59.4 cm³/mol. The van der Waals surface area contributed by atoms with E-state index in [1.807, 2.05) is 12.1 Å². The number of fused-ring (bicyclic) bond motifs is 1. The van der Waals surface area contributed by atoms with Gasteiger partial charge >= 0.3 is 5.97 Å². The van der Waals surface area contributed by atoms with Gasteiger partial charge in [-0.15, -0.1) is 0 Å². The van der Waals surface area contributed by atoms with E-state index in [1.165, 1.54) is 29.4 Å². The van der Waals surface area contributed by atoms with Crippen molar-refractivity contribution in [1.29, 1.82) is 0 Å². The summed E-state index contributed by atoms with van der Waals surface area (Å²) in [6.45, 7) is 2.07. The van der Waals surface area contributed by atoms with E-state index in [4.69, 9.17) is 0 Å². The molecule has 0 heterocycles. The average Bonchev–Trinajstić information content (AvgIpc) is 2.57. The maximum absolute atomic E-state index is 11.2. The van der Waals surface area contributed by atoms with Crippen LogP contribution in [-0.2, 0) is 16.0 Å². The third-order valence-electron chi connectivity index (χ3n) is 2.94. The summed E-state index contributed by atoms with van der Waals surface area (Å²) < 4.78 is 4.69. The van der Waals surface area contributed by atoms with Crippen molar-refractivity contribution in [3.63, 3.8) is 0 Å². The minimum Gasteiger partial charge on any atom is -0.469 e. The molecule has 15 heavy (non-hydrogen) atoms. The molecule has 0 amide bonds. The number of methoxy groups -OCH3 is 1. The van der Waals surface area contributed by atoms with Crippen LogP contribution < -0.4 is 0 Å². The molecule has 0 N–H and O–H groups in total. The van der Waals surface area contributed by atoms with Crippen molar-refractivity contribution in [1.82, 2.24) is 0 Å². The summed E-state index contributed by atoms with van der Waals surface area (Å²) in [5, 5.41) is 0. The molecule has 0 spiro atoms. The Kier molecular flexibility index (Phi) is 2.58. The Balaban J connectivity index is 2.25. The zero-order chi connectivity index (χ0) is 10.8. The van der Waals surface area contributed by atoms with E-state index >= 15 is 0 Å². The minimum atomic E-state index is -0.155. The van der Waals surface area contributed by atoms with E-state index in [2.05, 4.69) is 23.8 Å². The van der Waals surface area contributed by atoms with E-state index in [0.717, 1.165) is 6.42 Å². The van der Waals surface area contributed by atoms with E-state index in [1.54, 1.807) is 0 Å². The third-order valence-corrected chi connectivity index (χ3v) is 2.94. The lowest BCUT2D eigenvalue weighted by Gasteiger charge is -2.01. The molecule has 2 rings (SSSR count). The number of esters is 1. The van der Waals surface area contributed by atoms with E-state index < -0.39 is 0 Å². The lowest BCUT2D eigenvalue weighted by atomic mass is 10.1. The first-order chi connectivity index (χ1) is 7.22. The molecule has 0 atom stereocenters. The highest BCUT2D eigenvalue weighted by atomic mass is 16.5. The maximum atomic E-state index is 11.2. The molecule has 0 unspecified atom stereocenters. The molecule has 0 saturated carbocycles. The zero-order valence-corrected chi connectivity index (χ0v) is 9.04. The first-order valence-electron chi connectivity index (χ1n) is 5.06. The number of benzene rings is 1. The number of rotatable bonds is 2. The maximum Gasteiger partial charge on any atom is 0.309 e. The molecule has 0 radical (unpaired) electrons. The molecule has 1 aromatic carbocycles. The van der Waals surface area contributed by atoms with E-state index in [9.17, 15) is 4.79 Å². The molecule has 0 aliphatic heterocycles. The van der Waals surface area contributed by atoms with Gasteiger partial charge in [0.15, 0.2) is 0 Å². The van der Waals surface area contributed by atoms with Crippen LogP contribution in [0.3, 0.4) is 0 Å². The molecule has 2 nitrogen and oxygen atoms in total. The molecule has 78 valence electrons. The SMILES string of the molecule is COC(=O)CC1=C(C)c2ccccc2C1. The van der Waals surface area contributed by atoms with Crippen LogP contribution in [0.4, 0.5) is 0 Å². The average molecular weight is 202 g/mol. The Bertz CT molecular complexity index is 430. The Hall–Kier alpha value is -1.57. The molecule has 0 bridgehead atoms. The van der Waals surface area contributed by atoms with Crippen molar-refractivity contribution in [2.45, 2.75) is 19.8 Å². The van der Waals surface area contributed by atoms with Gasteiger partial charge in [-0.25, -0.2) is 0 Å². The zero-order valence-electron chi connectivity index (χ0n) is 9.04. The first-order valence-corrected chi connectivity index (χ1v) is 5.06. The molecule has 0 aromatic heterocycles. The summed E-state index contributed by atoms with van der Waals surface area (Å²) in [7, 11) is 1.43. The molecule has 0 saturated heterocycles. The molecule has 1 aliphatic carbocycles. The van der Waals surface area contributed by atoms with Gasteiger partial charge in [0.25, 0.3) is 0 Å². The lowest BCUT2D eigenvalue weighted by Crippen LogP contribution is -2.02. The van der Waals surface area contributed by atoms with Gasteiger partial charge in [-0.05, 0) is 30.0 Å². The van der Waals surface area contributed by atoms with Crippen molar-refractivity contribution in [2.75, 3.05) is 7.11 Å². The van der Waals surface area contributed by atoms with Crippen LogP contribution in [0, 0.1) is 0 Å². The lowest BCUT2D eigenvalue weighted by molar-refractivity contribution is -0.139. The summed E-state index contributed by atoms with van der Waals surface area (Å²) in [6, 6.07) is 8.29. The van der Waals surface area contributed by atoms with Gasteiger partial charge in [-0.3, -0.25) is 4.79 Å². The van der Waals surface area contributed by atoms with Gasteiger partial charge < -0.3 is 4.74 Å². The molecular formula is C13H14O2. The summed E-state index contributed by atoms with van der Waals surface area (Å²) in [6.07, 6.45) is 1.30. The van der Waals surface area contributed by atoms with Crippen molar-refractivity contribution in [2.24, 2.45) is 0 Å². The van der Waals surface area contributed by atoms with Crippen LogP contribution in [-0.4, -0.2) is 13.1 Å². The Labute approximate surface area is 89.6 Å². The van der Waals surface area contributed by atoms with Gasteiger partial charge in [0.1, 0.15) is 0 Å². The van der Waals surface area contributed by atoms with Gasteiger partial charge in [0, 0.05) is 0 Å². The van der Waals surface area contributed by atoms with Gasteiger partial charge in [-0.2, -0.15) is 0 Å². The standard InChI is InChI=1S/C13H14O2/c1-9-11(8-13(14)15-2)7-10-5-3-4-6-12(9)10/h3-6H,7-8H2,1-2H3. The highest BCUT2D eigenvalue weighted by molar-refractivity contribution is 5.81. The fourth-order valence-electron chi connectivity index (χ4n) is 2.03. The Morgan fingerprint density at radius 2 is 2.13 bits per heavy atom. The van der Waals surface area contributed by atoms with Crippen LogP contribution in [0.25, 0.3) is 5.57 Å². The number of ether oxygens (including phenoxy) is 1. The van der Waals surface area contributed by atoms with Crippen LogP contribution >= 0.6 is 0 Å². The van der Waals surface area contributed by atoms with Gasteiger partial charge in [0.05, 0.1) is 13.5 Å². The summed E-state index contributed by atoms with van der Waals surface area (Å²) in [5.74, 6) is -0.155. The van der Waals surface area contributed by atoms with Crippen molar-refractivity contribution in [3.8, 4) is 0 Å². The van der Waals surface area contributed by atoms with Crippen LogP contribution in [0.15, 0.2) is 29.8 Å². The number of allylic oxidation sites excluding steroid dienone is 1. The van der Waals surface area contributed by atoms with Crippen LogP contribution in [0.1, 0.15) is 24.5 Å². The number of hydrogen-bond acceptors (Lipinski definition) is 2. The Morgan fingerprint density at radius 1 is 1.40 bits per heavy atom. The molecule has 1 aliphatic rings. The fourth-order valence-corrected chi connectivity index (χ4v) is 2.03. The van der Waals surface area contributed by atoms with E-state index in [-0.39, 0.29) is 5.97 Å². The molecule has 1 aromatic rings. The highest BCUT2D eigenvalue weighted by Gasteiger charge is 2.19. The molecule has 2 heteroatoms.